The largest absolute Gasteiger partial charge is 0.496 e. The number of methoxy groups -OCH3 is 1. The van der Waals surface area contributed by atoms with Gasteiger partial charge in [-0.25, -0.2) is 9.97 Å². The Morgan fingerprint density at radius 2 is 1.93 bits per heavy atom. The van der Waals surface area contributed by atoms with Gasteiger partial charge in [0, 0.05) is 23.1 Å². The number of aryl methyl sites for hydroxylation is 2. The first-order valence-corrected chi connectivity index (χ1v) is 8.73. The molecule has 0 saturated carbocycles. The van der Waals surface area contributed by atoms with E-state index in [4.69, 9.17) is 4.74 Å². The summed E-state index contributed by atoms with van der Waals surface area (Å²) >= 11 is 0. The van der Waals surface area contributed by atoms with Crippen molar-refractivity contribution in [2.75, 3.05) is 17.7 Å². The van der Waals surface area contributed by atoms with Crippen LogP contribution in [0.2, 0.25) is 0 Å². The fourth-order valence-corrected chi connectivity index (χ4v) is 2.77. The first-order chi connectivity index (χ1) is 13.1. The normalized spacial score (nSPS) is 10.3. The SMILES string of the molecule is CCc1ccc(Nc2cc(C)ncn2)cc1NC(=O)c1ccccc1OC. The molecule has 3 rings (SSSR count). The number of benzene rings is 2. The highest BCUT2D eigenvalue weighted by molar-refractivity contribution is 6.06. The summed E-state index contributed by atoms with van der Waals surface area (Å²) in [6, 6.07) is 14.9. The Labute approximate surface area is 158 Å². The van der Waals surface area contributed by atoms with Crippen LogP contribution in [0.3, 0.4) is 0 Å². The number of carbonyl (C=O) groups excluding carboxylic acids is 1. The average molecular weight is 362 g/mol. The number of rotatable bonds is 6. The smallest absolute Gasteiger partial charge is 0.259 e. The molecule has 2 N–H and O–H groups in total. The predicted molar refractivity (Wildman–Crippen MR) is 107 cm³/mol. The number of hydrogen-bond acceptors (Lipinski definition) is 5. The molecule has 6 heteroatoms. The highest BCUT2D eigenvalue weighted by atomic mass is 16.5. The molecule has 6 nitrogen and oxygen atoms in total. The van der Waals surface area contributed by atoms with Gasteiger partial charge in [-0.05, 0) is 43.2 Å². The number of nitrogens with zero attached hydrogens (tertiary/aromatic N) is 2. The Balaban J connectivity index is 1.86. The zero-order valence-electron chi connectivity index (χ0n) is 15.6. The van der Waals surface area contributed by atoms with Crippen LogP contribution in [0.15, 0.2) is 54.9 Å². The van der Waals surface area contributed by atoms with Crippen LogP contribution in [-0.2, 0) is 6.42 Å². The summed E-state index contributed by atoms with van der Waals surface area (Å²) in [5, 5.41) is 6.24. The van der Waals surface area contributed by atoms with Crippen molar-refractivity contribution in [3.05, 3.63) is 71.7 Å². The van der Waals surface area contributed by atoms with Crippen molar-refractivity contribution in [1.82, 2.24) is 9.97 Å². The minimum Gasteiger partial charge on any atom is -0.496 e. The number of hydrogen-bond donors (Lipinski definition) is 2. The van der Waals surface area contributed by atoms with E-state index in [2.05, 4.69) is 27.5 Å². The van der Waals surface area contributed by atoms with Crippen LogP contribution >= 0.6 is 0 Å². The molecular weight excluding hydrogens is 340 g/mol. The molecule has 1 amide bonds. The number of amides is 1. The lowest BCUT2D eigenvalue weighted by molar-refractivity contribution is 0.102. The van der Waals surface area contributed by atoms with Gasteiger partial charge in [0.05, 0.1) is 12.7 Å². The third kappa shape index (κ3) is 4.41. The molecule has 2 aromatic carbocycles. The maximum Gasteiger partial charge on any atom is 0.259 e. The van der Waals surface area contributed by atoms with Crippen molar-refractivity contribution in [2.45, 2.75) is 20.3 Å². The molecule has 0 atom stereocenters. The maximum atomic E-state index is 12.7. The van der Waals surface area contributed by atoms with Crippen LogP contribution in [0.1, 0.15) is 28.5 Å². The monoisotopic (exact) mass is 362 g/mol. The zero-order chi connectivity index (χ0) is 19.2. The number of nitrogens with one attached hydrogen (secondary N) is 2. The van der Waals surface area contributed by atoms with Gasteiger partial charge in [0.2, 0.25) is 0 Å². The van der Waals surface area contributed by atoms with Crippen molar-refractivity contribution in [2.24, 2.45) is 0 Å². The van der Waals surface area contributed by atoms with Crippen molar-refractivity contribution in [1.29, 1.82) is 0 Å². The lowest BCUT2D eigenvalue weighted by Crippen LogP contribution is -2.14. The molecular formula is C21H22N4O2. The van der Waals surface area contributed by atoms with Gasteiger partial charge in [-0.3, -0.25) is 4.79 Å². The Kier molecular flexibility index (Phi) is 5.66. The predicted octanol–water partition coefficient (Wildman–Crippen LogP) is 4.35. The summed E-state index contributed by atoms with van der Waals surface area (Å²) in [6.07, 6.45) is 2.32. The van der Waals surface area contributed by atoms with E-state index in [0.717, 1.165) is 29.1 Å². The standard InChI is InChI=1S/C21H22N4O2/c1-4-15-9-10-16(24-20-11-14(2)22-13-23-20)12-18(15)25-21(26)17-7-5-6-8-19(17)27-3/h5-13H,4H2,1-3H3,(H,25,26)(H,22,23,24). The fraction of sp³-hybridized carbons (Fsp3) is 0.190. The Morgan fingerprint density at radius 1 is 1.11 bits per heavy atom. The van der Waals surface area contributed by atoms with E-state index in [1.54, 1.807) is 19.2 Å². The van der Waals surface area contributed by atoms with E-state index in [0.29, 0.717) is 17.1 Å². The fourth-order valence-electron chi connectivity index (χ4n) is 2.77. The summed E-state index contributed by atoms with van der Waals surface area (Å²) < 4.78 is 5.29. The molecule has 0 saturated heterocycles. The second-order valence-corrected chi connectivity index (χ2v) is 6.05. The van der Waals surface area contributed by atoms with Crippen LogP contribution < -0.4 is 15.4 Å². The van der Waals surface area contributed by atoms with Crippen molar-refractivity contribution in [3.63, 3.8) is 0 Å². The van der Waals surface area contributed by atoms with Crippen LogP contribution in [-0.4, -0.2) is 23.0 Å². The molecule has 0 radical (unpaired) electrons. The summed E-state index contributed by atoms with van der Waals surface area (Å²) in [4.78, 5) is 21.1. The molecule has 1 heterocycles. The van der Waals surface area contributed by atoms with E-state index in [-0.39, 0.29) is 5.91 Å². The van der Waals surface area contributed by atoms with Gasteiger partial charge in [0.15, 0.2) is 0 Å². The molecule has 0 aliphatic rings. The Hall–Kier alpha value is -3.41. The van der Waals surface area contributed by atoms with Gasteiger partial charge in [0.25, 0.3) is 5.91 Å². The first kappa shape index (κ1) is 18.4. The summed E-state index contributed by atoms with van der Waals surface area (Å²) in [5.74, 6) is 1.03. The first-order valence-electron chi connectivity index (χ1n) is 8.73. The van der Waals surface area contributed by atoms with E-state index in [1.165, 1.54) is 6.33 Å². The topological polar surface area (TPSA) is 76.1 Å². The van der Waals surface area contributed by atoms with Gasteiger partial charge in [-0.1, -0.05) is 25.1 Å². The Bertz CT molecular complexity index is 956. The molecule has 0 aliphatic heterocycles. The van der Waals surface area contributed by atoms with Gasteiger partial charge in [-0.2, -0.15) is 0 Å². The van der Waals surface area contributed by atoms with Crippen LogP contribution in [0.5, 0.6) is 5.75 Å². The van der Waals surface area contributed by atoms with Crippen LogP contribution in [0, 0.1) is 6.92 Å². The number of aromatic nitrogens is 2. The summed E-state index contributed by atoms with van der Waals surface area (Å²) in [5.41, 5.74) is 4.00. The molecule has 138 valence electrons. The van der Waals surface area contributed by atoms with Gasteiger partial charge < -0.3 is 15.4 Å². The van der Waals surface area contributed by atoms with Gasteiger partial charge >= 0.3 is 0 Å². The number of carbonyl (C=O) groups is 1. The average Bonchev–Trinajstić information content (AvgIpc) is 2.68. The van der Waals surface area contributed by atoms with Crippen molar-refractivity contribution >= 4 is 23.1 Å². The molecule has 0 spiro atoms. The van der Waals surface area contributed by atoms with Gasteiger partial charge in [-0.15, -0.1) is 0 Å². The molecule has 0 bridgehead atoms. The molecule has 0 fully saturated rings. The van der Waals surface area contributed by atoms with E-state index in [9.17, 15) is 4.79 Å². The summed E-state index contributed by atoms with van der Waals surface area (Å²) in [7, 11) is 1.55. The van der Waals surface area contributed by atoms with Crippen LogP contribution in [0.25, 0.3) is 0 Å². The minimum absolute atomic E-state index is 0.211. The Morgan fingerprint density at radius 3 is 2.67 bits per heavy atom. The molecule has 0 aliphatic carbocycles. The minimum atomic E-state index is -0.211. The third-order valence-electron chi connectivity index (χ3n) is 4.17. The highest BCUT2D eigenvalue weighted by Gasteiger charge is 2.13. The van der Waals surface area contributed by atoms with Crippen molar-refractivity contribution in [3.8, 4) is 5.75 Å². The second-order valence-electron chi connectivity index (χ2n) is 6.05. The number of para-hydroxylation sites is 1. The lowest BCUT2D eigenvalue weighted by Gasteiger charge is -2.14. The molecule has 27 heavy (non-hydrogen) atoms. The van der Waals surface area contributed by atoms with Crippen LogP contribution in [0.4, 0.5) is 17.2 Å². The van der Waals surface area contributed by atoms with E-state index in [1.807, 2.05) is 43.3 Å². The maximum absolute atomic E-state index is 12.7. The molecule has 0 unspecified atom stereocenters. The zero-order valence-corrected chi connectivity index (χ0v) is 15.6. The van der Waals surface area contributed by atoms with E-state index >= 15 is 0 Å². The lowest BCUT2D eigenvalue weighted by atomic mass is 10.1. The van der Waals surface area contributed by atoms with Crippen molar-refractivity contribution < 1.29 is 9.53 Å². The number of anilines is 3. The summed E-state index contributed by atoms with van der Waals surface area (Å²) in [6.45, 7) is 3.96. The second kappa shape index (κ2) is 8.31. The van der Waals surface area contributed by atoms with Gasteiger partial charge in [0.1, 0.15) is 17.9 Å². The third-order valence-corrected chi connectivity index (χ3v) is 4.17. The molecule has 3 aromatic rings. The quantitative estimate of drug-likeness (QED) is 0.682. The van der Waals surface area contributed by atoms with E-state index < -0.39 is 0 Å². The highest BCUT2D eigenvalue weighted by Crippen LogP contribution is 2.26. The number of ether oxygens (including phenoxy) is 1. The molecule has 1 aromatic heterocycles.